The second-order valence-electron chi connectivity index (χ2n) is 15.0. The summed E-state index contributed by atoms with van der Waals surface area (Å²) < 4.78 is 50.2. The lowest BCUT2D eigenvalue weighted by Crippen LogP contribution is -2.52. The number of alkyl halides is 2. The molecule has 9 rings (SSSR count). The van der Waals surface area contributed by atoms with Crippen molar-refractivity contribution in [2.24, 2.45) is 14.1 Å². The monoisotopic (exact) mass is 788 g/mol. The van der Waals surface area contributed by atoms with E-state index in [4.69, 9.17) is 13.9 Å². The van der Waals surface area contributed by atoms with E-state index in [1.54, 1.807) is 49.7 Å². The van der Waals surface area contributed by atoms with Gasteiger partial charge in [-0.3, -0.25) is 19.4 Å². The van der Waals surface area contributed by atoms with Gasteiger partial charge in [-0.1, -0.05) is 24.3 Å². The van der Waals surface area contributed by atoms with Crippen molar-refractivity contribution in [3.8, 4) is 11.7 Å². The molecule has 1 fully saturated rings. The summed E-state index contributed by atoms with van der Waals surface area (Å²) in [5.41, 5.74) is 4.96. The van der Waals surface area contributed by atoms with E-state index in [0.717, 1.165) is 24.0 Å². The van der Waals surface area contributed by atoms with Crippen molar-refractivity contribution in [1.29, 1.82) is 0 Å². The maximum atomic E-state index is 15.1. The van der Waals surface area contributed by atoms with Crippen LogP contribution >= 0.6 is 0 Å². The van der Waals surface area contributed by atoms with Crippen LogP contribution in [0.3, 0.4) is 0 Å². The number of carbonyl (C=O) groups excluding carboxylic acids is 2. The summed E-state index contributed by atoms with van der Waals surface area (Å²) in [6.07, 6.45) is 2.63. The molecule has 4 aromatic heterocycles. The second-order valence-corrected chi connectivity index (χ2v) is 15.0. The van der Waals surface area contributed by atoms with Crippen LogP contribution in [-0.2, 0) is 43.0 Å². The number of aryl methyl sites for hydroxylation is 1. The maximum Gasteiger partial charge on any atom is 0.292 e. The number of rotatable bonds is 9. The van der Waals surface area contributed by atoms with Crippen LogP contribution in [0, 0.1) is 0 Å². The Hall–Kier alpha value is -6.25. The number of pyridine rings is 1. The zero-order valence-electron chi connectivity index (χ0n) is 32.1. The average molecular weight is 789 g/mol. The molecular formula is C44H42F2N6O6. The SMILES string of the molecule is Cn1c(C2Oc3occc3C=C2C(=O)N2Cc3ccccc3C[C@H]2CN2CCOCC2)cc(C(=O)N(c2ccc(O)cc2)c2cnc3c(ccn3C)c2)c1CC(F)F. The normalized spacial score (nSPS) is 18.2. The lowest BCUT2D eigenvalue weighted by molar-refractivity contribution is -0.132. The van der Waals surface area contributed by atoms with Crippen molar-refractivity contribution in [2.75, 3.05) is 37.7 Å². The highest BCUT2D eigenvalue weighted by Gasteiger charge is 2.40. The molecule has 14 heteroatoms. The van der Waals surface area contributed by atoms with Gasteiger partial charge in [-0.05, 0) is 72.2 Å². The second kappa shape index (κ2) is 15.3. The number of benzene rings is 2. The van der Waals surface area contributed by atoms with Gasteiger partial charge in [-0.15, -0.1) is 0 Å². The lowest BCUT2D eigenvalue weighted by atomic mass is 9.91. The van der Waals surface area contributed by atoms with Gasteiger partial charge < -0.3 is 33.0 Å². The number of hydrogen-bond acceptors (Lipinski definition) is 8. The first kappa shape index (κ1) is 37.3. The maximum absolute atomic E-state index is 15.1. The third kappa shape index (κ3) is 6.92. The predicted octanol–water partition coefficient (Wildman–Crippen LogP) is 6.80. The predicted molar refractivity (Wildman–Crippen MR) is 212 cm³/mol. The van der Waals surface area contributed by atoms with Gasteiger partial charge in [-0.2, -0.15) is 0 Å². The number of fused-ring (bicyclic) bond motifs is 3. The summed E-state index contributed by atoms with van der Waals surface area (Å²) in [6, 6.07) is 20.9. The zero-order valence-corrected chi connectivity index (χ0v) is 32.1. The van der Waals surface area contributed by atoms with Gasteiger partial charge in [0.2, 0.25) is 6.43 Å². The molecule has 298 valence electrons. The van der Waals surface area contributed by atoms with Gasteiger partial charge in [0.25, 0.3) is 17.8 Å². The van der Waals surface area contributed by atoms with Crippen molar-refractivity contribution in [1.82, 2.24) is 23.9 Å². The van der Waals surface area contributed by atoms with Crippen molar-refractivity contribution in [3.63, 3.8) is 0 Å². The minimum Gasteiger partial charge on any atom is -0.508 e. The Kier molecular flexibility index (Phi) is 9.82. The fraction of sp³-hybridized carbons (Fsp3) is 0.295. The van der Waals surface area contributed by atoms with E-state index < -0.39 is 24.9 Å². The number of anilines is 2. The third-order valence-electron chi connectivity index (χ3n) is 11.4. The Morgan fingerprint density at radius 1 is 0.983 bits per heavy atom. The van der Waals surface area contributed by atoms with Gasteiger partial charge in [0, 0.05) is 75.7 Å². The van der Waals surface area contributed by atoms with Crippen molar-refractivity contribution in [2.45, 2.75) is 38.0 Å². The Balaban J connectivity index is 1.13. The van der Waals surface area contributed by atoms with E-state index in [2.05, 4.69) is 16.0 Å². The lowest BCUT2D eigenvalue weighted by Gasteiger charge is -2.41. The first-order valence-corrected chi connectivity index (χ1v) is 19.3. The Morgan fingerprint density at radius 3 is 2.53 bits per heavy atom. The highest BCUT2D eigenvalue weighted by molar-refractivity contribution is 6.12. The molecule has 0 bridgehead atoms. The molecule has 2 atom stereocenters. The average Bonchev–Trinajstić information content (AvgIpc) is 3.94. The molecule has 0 radical (unpaired) electrons. The number of phenols is 1. The molecule has 3 aliphatic rings. The zero-order chi connectivity index (χ0) is 40.1. The number of nitrogens with zero attached hydrogens (tertiary/aromatic N) is 6. The minimum absolute atomic E-state index is 0.00299. The number of aromatic nitrogens is 3. The smallest absolute Gasteiger partial charge is 0.292 e. The Labute approximate surface area is 333 Å². The van der Waals surface area contributed by atoms with Crippen molar-refractivity contribution >= 4 is 40.3 Å². The largest absolute Gasteiger partial charge is 0.508 e. The molecular weight excluding hydrogens is 747 g/mol. The molecule has 0 spiro atoms. The summed E-state index contributed by atoms with van der Waals surface area (Å²) in [5.74, 6) is -0.701. The highest BCUT2D eigenvalue weighted by atomic mass is 19.3. The number of halogens is 2. The Bertz CT molecular complexity index is 2530. The molecule has 0 saturated carbocycles. The summed E-state index contributed by atoms with van der Waals surface area (Å²) in [6.45, 7) is 3.79. The van der Waals surface area contributed by atoms with Crippen LogP contribution in [0.25, 0.3) is 17.1 Å². The van der Waals surface area contributed by atoms with Gasteiger partial charge in [0.15, 0.2) is 6.10 Å². The first-order chi connectivity index (χ1) is 28.1. The van der Waals surface area contributed by atoms with Crippen LogP contribution in [0.1, 0.15) is 44.5 Å². The van der Waals surface area contributed by atoms with Crippen LogP contribution in [0.5, 0.6) is 11.7 Å². The van der Waals surface area contributed by atoms with E-state index in [1.165, 1.54) is 33.4 Å². The Morgan fingerprint density at radius 2 is 1.76 bits per heavy atom. The van der Waals surface area contributed by atoms with E-state index >= 15 is 9.59 Å². The topological polar surface area (TPSA) is 118 Å². The number of amides is 2. The van der Waals surface area contributed by atoms with Gasteiger partial charge in [-0.25, -0.2) is 13.8 Å². The van der Waals surface area contributed by atoms with E-state index in [-0.39, 0.29) is 40.5 Å². The number of phenolic OH excluding ortho intramolecular Hbond substituents is 1. The van der Waals surface area contributed by atoms with Crippen molar-refractivity contribution < 1.29 is 37.4 Å². The fourth-order valence-corrected chi connectivity index (χ4v) is 8.42. The highest BCUT2D eigenvalue weighted by Crippen LogP contribution is 2.42. The standard InChI is InChI=1S/C44H42F2N6O6/c1-48-13-11-28-20-32(24-47-41(28)48)52(31-7-9-34(53)10-8-31)43(55)35-22-38(49(2)37(35)23-39(45)46)40-36(21-29-12-16-57-44(29)58-40)42(54)51-25-30-6-4-3-5-27(30)19-33(51)26-50-14-17-56-18-15-50/h3-13,16,20-22,24,33,39-40,53H,14-15,17-19,23,25-26H2,1-2H3/t33-,40?/m0/s1. The van der Waals surface area contributed by atoms with Crippen LogP contribution in [0.2, 0.25) is 0 Å². The van der Waals surface area contributed by atoms with E-state index in [1.807, 2.05) is 47.0 Å². The molecule has 6 aromatic rings. The minimum atomic E-state index is -2.80. The third-order valence-corrected chi connectivity index (χ3v) is 11.4. The van der Waals surface area contributed by atoms with Gasteiger partial charge in [0.1, 0.15) is 11.4 Å². The number of morpholine rings is 1. The van der Waals surface area contributed by atoms with Crippen LogP contribution in [-0.4, -0.2) is 86.2 Å². The number of hydrogen-bond donors (Lipinski definition) is 1. The van der Waals surface area contributed by atoms with Crippen molar-refractivity contribution in [3.05, 3.63) is 131 Å². The molecule has 58 heavy (non-hydrogen) atoms. The molecule has 1 N–H and O–H groups in total. The molecule has 2 aromatic carbocycles. The van der Waals surface area contributed by atoms with Gasteiger partial charge >= 0.3 is 0 Å². The number of aromatic hydroxyl groups is 1. The van der Waals surface area contributed by atoms with E-state index in [0.29, 0.717) is 61.0 Å². The fourth-order valence-electron chi connectivity index (χ4n) is 8.42. The summed E-state index contributed by atoms with van der Waals surface area (Å²) >= 11 is 0. The van der Waals surface area contributed by atoms with Crippen LogP contribution < -0.4 is 9.64 Å². The number of furan rings is 1. The van der Waals surface area contributed by atoms with Crippen LogP contribution in [0.15, 0.2) is 101 Å². The number of carbonyl (C=O) groups is 2. The molecule has 2 amide bonds. The van der Waals surface area contributed by atoms with E-state index in [9.17, 15) is 13.9 Å². The summed E-state index contributed by atoms with van der Waals surface area (Å²) in [4.78, 5) is 40.3. The molecule has 1 saturated heterocycles. The quantitative estimate of drug-likeness (QED) is 0.170. The molecule has 0 aliphatic carbocycles. The summed E-state index contributed by atoms with van der Waals surface area (Å²) in [5, 5.41) is 10.9. The van der Waals surface area contributed by atoms with Crippen LogP contribution in [0.4, 0.5) is 20.2 Å². The molecule has 1 unspecified atom stereocenters. The first-order valence-electron chi connectivity index (χ1n) is 19.3. The van der Waals surface area contributed by atoms with Gasteiger partial charge in [0.05, 0.1) is 53.8 Å². The molecule has 7 heterocycles. The summed E-state index contributed by atoms with van der Waals surface area (Å²) in [7, 11) is 3.47. The molecule has 3 aliphatic heterocycles. The number of ether oxygens (including phenoxy) is 2. The molecule has 12 nitrogen and oxygen atoms in total.